The topological polar surface area (TPSA) is 46.4 Å². The Kier molecular flexibility index (Phi) is 7.08. The number of thiazole rings is 1. The van der Waals surface area contributed by atoms with Crippen LogP contribution in [-0.2, 0) is 24.8 Å². The van der Waals surface area contributed by atoms with Gasteiger partial charge in [-0.25, -0.2) is 0 Å². The number of halogens is 1. The highest BCUT2D eigenvalue weighted by molar-refractivity contribution is 9.10. The smallest absolute Gasteiger partial charge is 0.226 e. The molecular formula is C20H26BrN3OS. The first-order chi connectivity index (χ1) is 12.6. The molecule has 26 heavy (non-hydrogen) atoms. The molecule has 1 aromatic carbocycles. The maximum atomic E-state index is 12.3. The van der Waals surface area contributed by atoms with Crippen LogP contribution in [0.15, 0.2) is 39.1 Å². The molecule has 2 aromatic rings. The van der Waals surface area contributed by atoms with Crippen LogP contribution in [0, 0.1) is 0 Å². The highest BCUT2D eigenvalue weighted by Gasteiger charge is 2.13. The monoisotopic (exact) mass is 435 g/mol. The van der Waals surface area contributed by atoms with Gasteiger partial charge in [-0.05, 0) is 24.5 Å². The Labute approximate surface area is 167 Å². The second kappa shape index (κ2) is 9.51. The molecule has 1 N–H and O–H groups in total. The van der Waals surface area contributed by atoms with E-state index in [1.165, 1.54) is 38.5 Å². The standard InChI is InChI=1S/C20H26BrN3OS/c1-24-17(12-19(25)22-13-15-8-6-7-11-18(15)21)14-26-20(24)23-16-9-4-2-3-5-10-16/h6-8,11,14,16H,2-5,9-10,12-13H2,1H3,(H,22,25). The first-order valence-corrected chi connectivity index (χ1v) is 11.0. The zero-order valence-electron chi connectivity index (χ0n) is 15.2. The van der Waals surface area contributed by atoms with Gasteiger partial charge in [-0.3, -0.25) is 9.79 Å². The van der Waals surface area contributed by atoms with Crippen LogP contribution in [0.25, 0.3) is 0 Å². The lowest BCUT2D eigenvalue weighted by molar-refractivity contribution is -0.120. The molecule has 0 spiro atoms. The quantitative estimate of drug-likeness (QED) is 0.697. The minimum Gasteiger partial charge on any atom is -0.352 e. The lowest BCUT2D eigenvalue weighted by Gasteiger charge is -2.09. The number of carbonyl (C=O) groups is 1. The van der Waals surface area contributed by atoms with Crippen LogP contribution in [0.1, 0.15) is 49.8 Å². The Morgan fingerprint density at radius 2 is 2.00 bits per heavy atom. The second-order valence-corrected chi connectivity index (χ2v) is 8.58. The Bertz CT molecular complexity index is 803. The molecule has 1 saturated carbocycles. The summed E-state index contributed by atoms with van der Waals surface area (Å²) in [7, 11) is 2.02. The van der Waals surface area contributed by atoms with E-state index in [4.69, 9.17) is 4.99 Å². The molecule has 4 nitrogen and oxygen atoms in total. The molecule has 0 radical (unpaired) electrons. The van der Waals surface area contributed by atoms with Crippen molar-refractivity contribution in [2.24, 2.45) is 12.0 Å². The third kappa shape index (κ3) is 5.30. The molecule has 140 valence electrons. The molecule has 3 rings (SSSR count). The lowest BCUT2D eigenvalue weighted by Crippen LogP contribution is -2.26. The first kappa shape index (κ1) is 19.4. The minimum atomic E-state index is 0.0372. The number of hydrogen-bond acceptors (Lipinski definition) is 3. The van der Waals surface area contributed by atoms with E-state index in [0.717, 1.165) is 20.5 Å². The number of nitrogens with zero attached hydrogens (tertiary/aromatic N) is 2. The van der Waals surface area contributed by atoms with Gasteiger partial charge in [0.15, 0.2) is 4.80 Å². The van der Waals surface area contributed by atoms with E-state index in [9.17, 15) is 4.79 Å². The maximum absolute atomic E-state index is 12.3. The largest absolute Gasteiger partial charge is 0.352 e. The van der Waals surface area contributed by atoms with Crippen LogP contribution in [0.3, 0.4) is 0 Å². The van der Waals surface area contributed by atoms with Crippen molar-refractivity contribution in [2.75, 3.05) is 0 Å². The predicted octanol–water partition coefficient (Wildman–Crippen LogP) is 4.33. The SMILES string of the molecule is Cn1c(CC(=O)NCc2ccccc2Br)csc1=NC1CCCCCC1. The maximum Gasteiger partial charge on any atom is 0.226 e. The van der Waals surface area contributed by atoms with Crippen molar-refractivity contribution in [2.45, 2.75) is 57.5 Å². The number of amides is 1. The summed E-state index contributed by atoms with van der Waals surface area (Å²) in [5, 5.41) is 5.07. The van der Waals surface area contributed by atoms with Gasteiger partial charge in [0, 0.05) is 29.1 Å². The van der Waals surface area contributed by atoms with Crippen LogP contribution in [0.2, 0.25) is 0 Å². The van der Waals surface area contributed by atoms with Crippen molar-refractivity contribution >= 4 is 33.2 Å². The molecule has 0 saturated heterocycles. The molecule has 0 bridgehead atoms. The summed E-state index contributed by atoms with van der Waals surface area (Å²) in [5.74, 6) is 0.0372. The zero-order chi connectivity index (χ0) is 18.4. The van der Waals surface area contributed by atoms with Gasteiger partial charge < -0.3 is 9.88 Å². The summed E-state index contributed by atoms with van der Waals surface area (Å²) in [6.45, 7) is 0.535. The molecule has 1 amide bonds. The molecular weight excluding hydrogens is 410 g/mol. The average molecular weight is 436 g/mol. The van der Waals surface area contributed by atoms with Crippen LogP contribution >= 0.6 is 27.3 Å². The highest BCUT2D eigenvalue weighted by Crippen LogP contribution is 2.19. The Hall–Kier alpha value is -1.40. The number of rotatable bonds is 5. The van der Waals surface area contributed by atoms with Crippen molar-refractivity contribution in [1.82, 2.24) is 9.88 Å². The fourth-order valence-electron chi connectivity index (χ4n) is 3.28. The molecule has 0 unspecified atom stereocenters. The van der Waals surface area contributed by atoms with Crippen molar-refractivity contribution in [3.8, 4) is 0 Å². The summed E-state index contributed by atoms with van der Waals surface area (Å²) in [6, 6.07) is 8.40. The van der Waals surface area contributed by atoms with E-state index >= 15 is 0 Å². The third-order valence-electron chi connectivity index (χ3n) is 4.91. The van der Waals surface area contributed by atoms with Gasteiger partial charge in [0.1, 0.15) is 0 Å². The van der Waals surface area contributed by atoms with E-state index in [-0.39, 0.29) is 5.91 Å². The minimum absolute atomic E-state index is 0.0372. The van der Waals surface area contributed by atoms with E-state index < -0.39 is 0 Å². The van der Waals surface area contributed by atoms with Crippen molar-refractivity contribution in [1.29, 1.82) is 0 Å². The fraction of sp³-hybridized carbons (Fsp3) is 0.500. The lowest BCUT2D eigenvalue weighted by atomic mass is 10.1. The van der Waals surface area contributed by atoms with Crippen molar-refractivity contribution < 1.29 is 4.79 Å². The summed E-state index contributed by atoms with van der Waals surface area (Å²) < 4.78 is 3.10. The summed E-state index contributed by atoms with van der Waals surface area (Å²) >= 11 is 5.16. The van der Waals surface area contributed by atoms with E-state index in [1.54, 1.807) is 11.3 Å². The Morgan fingerprint density at radius 1 is 1.27 bits per heavy atom. The van der Waals surface area contributed by atoms with Gasteiger partial charge in [-0.15, -0.1) is 11.3 Å². The van der Waals surface area contributed by atoms with Crippen molar-refractivity contribution in [3.63, 3.8) is 0 Å². The normalized spacial score (nSPS) is 16.5. The number of benzene rings is 1. The second-order valence-electron chi connectivity index (χ2n) is 6.89. The van der Waals surface area contributed by atoms with Gasteiger partial charge >= 0.3 is 0 Å². The third-order valence-corrected chi connectivity index (χ3v) is 6.66. The summed E-state index contributed by atoms with van der Waals surface area (Å²) in [5.41, 5.74) is 2.10. The number of nitrogens with one attached hydrogen (secondary N) is 1. The van der Waals surface area contributed by atoms with Crippen LogP contribution < -0.4 is 10.1 Å². The molecule has 0 aliphatic heterocycles. The van der Waals surface area contributed by atoms with Crippen LogP contribution in [0.4, 0.5) is 0 Å². The average Bonchev–Trinajstić information content (AvgIpc) is 2.83. The Balaban J connectivity index is 1.60. The van der Waals surface area contributed by atoms with Crippen molar-refractivity contribution in [3.05, 3.63) is 50.2 Å². The van der Waals surface area contributed by atoms with Gasteiger partial charge in [0.05, 0.1) is 12.5 Å². The molecule has 1 aliphatic rings. The molecule has 6 heteroatoms. The number of carbonyl (C=O) groups excluding carboxylic acids is 1. The summed E-state index contributed by atoms with van der Waals surface area (Å²) in [6.07, 6.45) is 8.02. The molecule has 0 atom stereocenters. The van der Waals surface area contributed by atoms with Gasteiger partial charge in [0.25, 0.3) is 0 Å². The first-order valence-electron chi connectivity index (χ1n) is 9.31. The molecule has 1 aliphatic carbocycles. The summed E-state index contributed by atoms with van der Waals surface area (Å²) in [4.78, 5) is 18.3. The van der Waals surface area contributed by atoms with E-state index in [1.807, 2.05) is 31.3 Å². The van der Waals surface area contributed by atoms with Crippen LogP contribution in [0.5, 0.6) is 0 Å². The number of hydrogen-bond donors (Lipinski definition) is 1. The molecule has 1 heterocycles. The van der Waals surface area contributed by atoms with Gasteiger partial charge in [-0.2, -0.15) is 0 Å². The van der Waals surface area contributed by atoms with E-state index in [0.29, 0.717) is 19.0 Å². The van der Waals surface area contributed by atoms with E-state index in [2.05, 4.69) is 31.2 Å². The molecule has 1 fully saturated rings. The fourth-order valence-corrected chi connectivity index (χ4v) is 4.68. The zero-order valence-corrected chi connectivity index (χ0v) is 17.6. The van der Waals surface area contributed by atoms with Gasteiger partial charge in [0.2, 0.25) is 5.91 Å². The predicted molar refractivity (Wildman–Crippen MR) is 110 cm³/mol. The molecule has 1 aromatic heterocycles. The highest BCUT2D eigenvalue weighted by atomic mass is 79.9. The van der Waals surface area contributed by atoms with Gasteiger partial charge in [-0.1, -0.05) is 59.8 Å². The van der Waals surface area contributed by atoms with Crippen LogP contribution in [-0.4, -0.2) is 16.5 Å². The number of aromatic nitrogens is 1. The Morgan fingerprint density at radius 3 is 2.73 bits per heavy atom.